The molecule has 0 atom stereocenters. The Morgan fingerprint density at radius 1 is 1.19 bits per heavy atom. The summed E-state index contributed by atoms with van der Waals surface area (Å²) in [5.74, 6) is -0.233. The highest BCUT2D eigenvalue weighted by Crippen LogP contribution is 2.29. The van der Waals surface area contributed by atoms with Crippen molar-refractivity contribution in [2.75, 3.05) is 11.4 Å². The van der Waals surface area contributed by atoms with Crippen LogP contribution in [-0.2, 0) is 13.0 Å². The van der Waals surface area contributed by atoms with Gasteiger partial charge in [-0.2, -0.15) is 0 Å². The van der Waals surface area contributed by atoms with Gasteiger partial charge >= 0.3 is 0 Å². The Bertz CT molecular complexity index is 1120. The molecular formula is C22H21ClN2O2. The van der Waals surface area contributed by atoms with Crippen molar-refractivity contribution in [1.82, 2.24) is 4.57 Å². The molecule has 4 nitrogen and oxygen atoms in total. The Morgan fingerprint density at radius 3 is 2.74 bits per heavy atom. The summed E-state index contributed by atoms with van der Waals surface area (Å²) >= 11 is 6.26. The highest BCUT2D eigenvalue weighted by Gasteiger charge is 2.26. The maximum absolute atomic E-state index is 13.3. The maximum atomic E-state index is 13.3. The number of nitrogens with zero attached hydrogens (tertiary/aromatic N) is 2. The molecule has 2 aromatic carbocycles. The number of aromatic nitrogens is 1. The van der Waals surface area contributed by atoms with Crippen molar-refractivity contribution in [3.8, 4) is 0 Å². The van der Waals surface area contributed by atoms with Crippen molar-refractivity contribution in [3.63, 3.8) is 0 Å². The summed E-state index contributed by atoms with van der Waals surface area (Å²) in [4.78, 5) is 28.2. The number of benzene rings is 2. The highest BCUT2D eigenvalue weighted by molar-refractivity contribution is 6.32. The van der Waals surface area contributed by atoms with E-state index in [9.17, 15) is 9.59 Å². The first kappa shape index (κ1) is 17.8. The predicted octanol–water partition coefficient (Wildman–Crippen LogP) is 4.58. The third kappa shape index (κ3) is 2.85. The summed E-state index contributed by atoms with van der Waals surface area (Å²) in [6.45, 7) is 5.17. The largest absolute Gasteiger partial charge is 0.346 e. The van der Waals surface area contributed by atoms with Gasteiger partial charge in [0, 0.05) is 35.4 Å². The van der Waals surface area contributed by atoms with Crippen LogP contribution in [0.15, 0.2) is 47.4 Å². The lowest BCUT2D eigenvalue weighted by Crippen LogP contribution is -2.38. The van der Waals surface area contributed by atoms with E-state index in [0.29, 0.717) is 23.5 Å². The third-order valence-corrected chi connectivity index (χ3v) is 5.76. The molecule has 4 rings (SSSR count). The first-order valence-electron chi connectivity index (χ1n) is 9.25. The summed E-state index contributed by atoms with van der Waals surface area (Å²) in [7, 11) is 0. The zero-order chi connectivity index (χ0) is 19.1. The highest BCUT2D eigenvalue weighted by atomic mass is 35.5. The van der Waals surface area contributed by atoms with Gasteiger partial charge in [-0.3, -0.25) is 9.59 Å². The first-order valence-corrected chi connectivity index (χ1v) is 9.62. The first-order chi connectivity index (χ1) is 13.0. The average molecular weight is 381 g/mol. The summed E-state index contributed by atoms with van der Waals surface area (Å²) in [5.41, 5.74) is 3.69. The molecule has 0 spiro atoms. The van der Waals surface area contributed by atoms with Crippen LogP contribution in [0.1, 0.15) is 34.8 Å². The monoisotopic (exact) mass is 380 g/mol. The number of carbonyl (C=O) groups is 1. The van der Waals surface area contributed by atoms with Gasteiger partial charge in [-0.1, -0.05) is 29.8 Å². The molecule has 1 amide bonds. The van der Waals surface area contributed by atoms with Crippen molar-refractivity contribution in [1.29, 1.82) is 0 Å². The summed E-state index contributed by atoms with van der Waals surface area (Å²) in [6, 6.07) is 11.4. The van der Waals surface area contributed by atoms with Crippen molar-refractivity contribution < 1.29 is 4.79 Å². The SMILES string of the molecule is CCn1cc(C(=O)N2CCCc3ccccc32)c(=O)c2ccc(Cl)c(C)c21. The smallest absolute Gasteiger partial charge is 0.263 e. The Kier molecular flexibility index (Phi) is 4.52. The molecule has 0 radical (unpaired) electrons. The van der Waals surface area contributed by atoms with Crippen LogP contribution in [0.3, 0.4) is 0 Å². The van der Waals surface area contributed by atoms with Gasteiger partial charge in [0.15, 0.2) is 0 Å². The molecule has 3 aromatic rings. The molecule has 1 aliphatic heterocycles. The van der Waals surface area contributed by atoms with Crippen LogP contribution in [-0.4, -0.2) is 17.0 Å². The summed E-state index contributed by atoms with van der Waals surface area (Å²) in [5, 5.41) is 1.16. The van der Waals surface area contributed by atoms with Crippen LogP contribution in [0.25, 0.3) is 10.9 Å². The van der Waals surface area contributed by atoms with Crippen LogP contribution in [0.4, 0.5) is 5.69 Å². The summed E-state index contributed by atoms with van der Waals surface area (Å²) < 4.78 is 1.95. The number of para-hydroxylation sites is 1. The van der Waals surface area contributed by atoms with Gasteiger partial charge in [0.2, 0.25) is 5.43 Å². The number of carbonyl (C=O) groups excluding carboxylic acids is 1. The zero-order valence-corrected chi connectivity index (χ0v) is 16.2. The molecule has 0 N–H and O–H groups in total. The van der Waals surface area contributed by atoms with E-state index in [0.717, 1.165) is 35.2 Å². The third-order valence-electron chi connectivity index (χ3n) is 5.35. The molecule has 0 aliphatic carbocycles. The normalized spacial score (nSPS) is 13.7. The minimum atomic E-state index is -0.234. The topological polar surface area (TPSA) is 42.3 Å². The molecule has 1 aliphatic rings. The maximum Gasteiger partial charge on any atom is 0.263 e. The fourth-order valence-corrected chi connectivity index (χ4v) is 4.10. The number of halogens is 1. The van der Waals surface area contributed by atoms with Crippen LogP contribution in [0.5, 0.6) is 0 Å². The minimum Gasteiger partial charge on any atom is -0.346 e. The van der Waals surface area contributed by atoms with Gasteiger partial charge in [0.25, 0.3) is 5.91 Å². The Hall–Kier alpha value is -2.59. The van der Waals surface area contributed by atoms with Crippen molar-refractivity contribution in [2.24, 2.45) is 0 Å². The summed E-state index contributed by atoms with van der Waals surface area (Å²) in [6.07, 6.45) is 3.54. The molecule has 0 fully saturated rings. The van der Waals surface area contributed by atoms with E-state index in [2.05, 4.69) is 0 Å². The molecule has 1 aromatic heterocycles. The lowest BCUT2D eigenvalue weighted by Gasteiger charge is -2.29. The van der Waals surface area contributed by atoms with Crippen molar-refractivity contribution >= 4 is 34.1 Å². The standard InChI is InChI=1S/C22H21ClN2O2/c1-3-24-13-17(21(26)16-10-11-18(23)14(2)20(16)24)22(27)25-12-6-8-15-7-4-5-9-19(15)25/h4-5,7,9-11,13H,3,6,8,12H2,1-2H3. The van der Waals surface area contributed by atoms with Gasteiger partial charge in [-0.05, 0) is 56.0 Å². The molecule has 27 heavy (non-hydrogen) atoms. The quantitative estimate of drug-likeness (QED) is 0.653. The van der Waals surface area contributed by atoms with Crippen LogP contribution in [0.2, 0.25) is 5.02 Å². The van der Waals surface area contributed by atoms with Gasteiger partial charge in [-0.15, -0.1) is 0 Å². The minimum absolute atomic E-state index is 0.211. The number of hydrogen-bond acceptors (Lipinski definition) is 2. The van der Waals surface area contributed by atoms with Crippen LogP contribution < -0.4 is 10.3 Å². The Morgan fingerprint density at radius 2 is 1.96 bits per heavy atom. The molecule has 0 unspecified atom stereocenters. The molecule has 0 bridgehead atoms. The second kappa shape index (κ2) is 6.86. The predicted molar refractivity (Wildman–Crippen MR) is 110 cm³/mol. The molecule has 0 saturated heterocycles. The second-order valence-electron chi connectivity index (χ2n) is 6.92. The van der Waals surface area contributed by atoms with Crippen LogP contribution >= 0.6 is 11.6 Å². The fraction of sp³-hybridized carbons (Fsp3) is 0.273. The Balaban J connectivity index is 1.91. The number of rotatable bonds is 2. The van der Waals surface area contributed by atoms with Crippen molar-refractivity contribution in [2.45, 2.75) is 33.2 Å². The number of amides is 1. The van der Waals surface area contributed by atoms with E-state index in [4.69, 9.17) is 11.6 Å². The van der Waals surface area contributed by atoms with E-state index in [1.807, 2.05) is 42.7 Å². The van der Waals surface area contributed by atoms with Gasteiger partial charge in [-0.25, -0.2) is 0 Å². The van der Waals surface area contributed by atoms with Gasteiger partial charge < -0.3 is 9.47 Å². The van der Waals surface area contributed by atoms with E-state index in [-0.39, 0.29) is 16.9 Å². The number of aryl methyl sites for hydroxylation is 3. The zero-order valence-electron chi connectivity index (χ0n) is 15.5. The number of pyridine rings is 1. The van der Waals surface area contributed by atoms with Gasteiger partial charge in [0.05, 0.1) is 5.52 Å². The number of hydrogen-bond donors (Lipinski definition) is 0. The van der Waals surface area contributed by atoms with Gasteiger partial charge in [0.1, 0.15) is 5.56 Å². The lowest BCUT2D eigenvalue weighted by atomic mass is 10.0. The fourth-order valence-electron chi connectivity index (χ4n) is 3.94. The molecular weight excluding hydrogens is 360 g/mol. The Labute approximate surface area is 163 Å². The van der Waals surface area contributed by atoms with E-state index in [1.165, 1.54) is 0 Å². The van der Waals surface area contributed by atoms with E-state index >= 15 is 0 Å². The molecule has 0 saturated carbocycles. The molecule has 5 heteroatoms. The number of anilines is 1. The second-order valence-corrected chi connectivity index (χ2v) is 7.32. The lowest BCUT2D eigenvalue weighted by molar-refractivity contribution is 0.0983. The van der Waals surface area contributed by atoms with E-state index < -0.39 is 0 Å². The van der Waals surface area contributed by atoms with Crippen molar-refractivity contribution in [3.05, 3.63) is 74.5 Å². The van der Waals surface area contributed by atoms with Crippen LogP contribution in [0, 0.1) is 6.92 Å². The molecule has 138 valence electrons. The number of fused-ring (bicyclic) bond motifs is 2. The van der Waals surface area contributed by atoms with E-state index in [1.54, 1.807) is 23.2 Å². The average Bonchev–Trinajstić information content (AvgIpc) is 2.70. The molecule has 2 heterocycles.